The molecule has 5 heteroatoms. The molecule has 1 saturated carbocycles. The molecule has 2 aliphatic rings. The van der Waals surface area contributed by atoms with E-state index in [0.29, 0.717) is 30.4 Å². The zero-order chi connectivity index (χ0) is 12.5. The van der Waals surface area contributed by atoms with Gasteiger partial charge in [-0.1, -0.05) is 18.9 Å². The maximum atomic E-state index is 5.73. The highest BCUT2D eigenvalue weighted by Gasteiger charge is 2.26. The molecule has 0 aromatic carbocycles. The van der Waals surface area contributed by atoms with Crippen molar-refractivity contribution >= 4 is 6.01 Å². The standard InChI is InChI=1S/C13H22N4O/c1-9-5-6-17(8-10(9)2)13-16-15-12(18-13)7-14-11-3-4-11/h9-11,14H,3-8H2,1-2H3. The molecule has 1 N–H and O–H groups in total. The highest BCUT2D eigenvalue weighted by atomic mass is 16.4. The third-order valence-electron chi connectivity index (χ3n) is 4.18. The average molecular weight is 250 g/mol. The van der Waals surface area contributed by atoms with E-state index in [1.807, 2.05) is 0 Å². The van der Waals surface area contributed by atoms with Crippen molar-refractivity contribution in [3.05, 3.63) is 5.89 Å². The summed E-state index contributed by atoms with van der Waals surface area (Å²) in [5.41, 5.74) is 0. The van der Waals surface area contributed by atoms with E-state index in [-0.39, 0.29) is 0 Å². The number of piperidine rings is 1. The van der Waals surface area contributed by atoms with E-state index in [2.05, 4.69) is 34.3 Å². The minimum absolute atomic E-state index is 0.677. The van der Waals surface area contributed by atoms with Crippen LogP contribution < -0.4 is 10.2 Å². The molecular formula is C13H22N4O. The number of aromatic nitrogens is 2. The Morgan fingerprint density at radius 1 is 1.22 bits per heavy atom. The Morgan fingerprint density at radius 2 is 2.06 bits per heavy atom. The van der Waals surface area contributed by atoms with Crippen LogP contribution in [0.2, 0.25) is 0 Å². The lowest BCUT2D eigenvalue weighted by molar-refractivity contribution is 0.311. The van der Waals surface area contributed by atoms with Crippen LogP contribution in [0.4, 0.5) is 6.01 Å². The summed E-state index contributed by atoms with van der Waals surface area (Å²) in [5, 5.41) is 11.7. The monoisotopic (exact) mass is 250 g/mol. The molecular weight excluding hydrogens is 228 g/mol. The lowest BCUT2D eigenvalue weighted by atomic mass is 9.89. The quantitative estimate of drug-likeness (QED) is 0.883. The Kier molecular flexibility index (Phi) is 3.24. The van der Waals surface area contributed by atoms with Crippen molar-refractivity contribution in [2.75, 3.05) is 18.0 Å². The second-order valence-corrected chi connectivity index (χ2v) is 5.82. The number of anilines is 1. The summed E-state index contributed by atoms with van der Waals surface area (Å²) in [6, 6.07) is 1.37. The van der Waals surface area contributed by atoms with Crippen LogP contribution in [0.1, 0.15) is 39.0 Å². The first kappa shape index (κ1) is 12.0. The molecule has 1 aliphatic heterocycles. The van der Waals surface area contributed by atoms with Crippen molar-refractivity contribution in [2.24, 2.45) is 11.8 Å². The molecule has 18 heavy (non-hydrogen) atoms. The van der Waals surface area contributed by atoms with Crippen LogP contribution in [0.3, 0.4) is 0 Å². The van der Waals surface area contributed by atoms with E-state index in [1.165, 1.54) is 19.3 Å². The molecule has 2 unspecified atom stereocenters. The van der Waals surface area contributed by atoms with E-state index >= 15 is 0 Å². The fraction of sp³-hybridized carbons (Fsp3) is 0.846. The van der Waals surface area contributed by atoms with E-state index in [0.717, 1.165) is 19.0 Å². The SMILES string of the molecule is CC1CCN(c2nnc(CNC3CC3)o2)CC1C. The molecule has 1 aliphatic carbocycles. The van der Waals surface area contributed by atoms with Crippen molar-refractivity contribution in [3.63, 3.8) is 0 Å². The molecule has 1 aromatic heterocycles. The molecule has 0 bridgehead atoms. The van der Waals surface area contributed by atoms with Gasteiger partial charge in [0.15, 0.2) is 0 Å². The fourth-order valence-corrected chi connectivity index (χ4v) is 2.40. The van der Waals surface area contributed by atoms with Gasteiger partial charge in [-0.05, 0) is 31.1 Å². The zero-order valence-corrected chi connectivity index (χ0v) is 11.2. The zero-order valence-electron chi connectivity index (χ0n) is 11.2. The molecule has 0 radical (unpaired) electrons. The maximum Gasteiger partial charge on any atom is 0.318 e. The van der Waals surface area contributed by atoms with Crippen molar-refractivity contribution in [3.8, 4) is 0 Å². The Hall–Kier alpha value is -1.10. The van der Waals surface area contributed by atoms with Gasteiger partial charge >= 0.3 is 6.01 Å². The minimum Gasteiger partial charge on any atom is -0.407 e. The molecule has 3 rings (SSSR count). The summed E-state index contributed by atoms with van der Waals surface area (Å²) in [7, 11) is 0. The van der Waals surface area contributed by atoms with Gasteiger partial charge in [0, 0.05) is 19.1 Å². The number of hydrogen-bond donors (Lipinski definition) is 1. The van der Waals surface area contributed by atoms with E-state index < -0.39 is 0 Å². The molecule has 1 aromatic rings. The van der Waals surface area contributed by atoms with Crippen molar-refractivity contribution in [1.29, 1.82) is 0 Å². The van der Waals surface area contributed by atoms with Gasteiger partial charge in [-0.25, -0.2) is 0 Å². The smallest absolute Gasteiger partial charge is 0.318 e. The van der Waals surface area contributed by atoms with Gasteiger partial charge in [0.2, 0.25) is 5.89 Å². The van der Waals surface area contributed by atoms with Crippen LogP contribution in [0.15, 0.2) is 4.42 Å². The Bertz CT molecular complexity index is 401. The van der Waals surface area contributed by atoms with Gasteiger partial charge < -0.3 is 14.6 Å². The number of nitrogens with one attached hydrogen (secondary N) is 1. The largest absolute Gasteiger partial charge is 0.407 e. The van der Waals surface area contributed by atoms with Crippen LogP contribution in [0.5, 0.6) is 0 Å². The molecule has 100 valence electrons. The summed E-state index contributed by atoms with van der Waals surface area (Å²) < 4.78 is 5.73. The van der Waals surface area contributed by atoms with Crippen molar-refractivity contribution in [1.82, 2.24) is 15.5 Å². The van der Waals surface area contributed by atoms with Gasteiger partial charge in [0.05, 0.1) is 6.54 Å². The van der Waals surface area contributed by atoms with Crippen LogP contribution in [-0.4, -0.2) is 29.3 Å². The Labute approximate surface area is 108 Å². The molecule has 2 atom stereocenters. The van der Waals surface area contributed by atoms with E-state index in [4.69, 9.17) is 4.42 Å². The Balaban J connectivity index is 1.58. The van der Waals surface area contributed by atoms with Crippen molar-refractivity contribution in [2.45, 2.75) is 45.7 Å². The summed E-state index contributed by atoms with van der Waals surface area (Å²) in [4.78, 5) is 2.22. The molecule has 0 amide bonds. The highest BCUT2D eigenvalue weighted by molar-refractivity contribution is 5.25. The van der Waals surface area contributed by atoms with Gasteiger partial charge in [-0.15, -0.1) is 5.10 Å². The molecule has 5 nitrogen and oxygen atoms in total. The first-order chi connectivity index (χ1) is 8.72. The van der Waals surface area contributed by atoms with E-state index in [1.54, 1.807) is 0 Å². The second kappa shape index (κ2) is 4.88. The number of nitrogens with zero attached hydrogens (tertiary/aromatic N) is 3. The van der Waals surface area contributed by atoms with Gasteiger partial charge in [0.1, 0.15) is 0 Å². The summed E-state index contributed by atoms with van der Waals surface area (Å²) >= 11 is 0. The minimum atomic E-state index is 0.677. The van der Waals surface area contributed by atoms with E-state index in [9.17, 15) is 0 Å². The average Bonchev–Trinajstić information content (AvgIpc) is 3.08. The first-order valence-corrected chi connectivity index (χ1v) is 7.03. The predicted octanol–water partition coefficient (Wildman–Crippen LogP) is 1.80. The number of rotatable bonds is 4. The lowest BCUT2D eigenvalue weighted by Crippen LogP contribution is -2.38. The predicted molar refractivity (Wildman–Crippen MR) is 69.3 cm³/mol. The molecule has 1 saturated heterocycles. The lowest BCUT2D eigenvalue weighted by Gasteiger charge is -2.33. The molecule has 2 heterocycles. The normalized spacial score (nSPS) is 28.7. The van der Waals surface area contributed by atoms with Crippen LogP contribution in [0.25, 0.3) is 0 Å². The van der Waals surface area contributed by atoms with Gasteiger partial charge in [-0.2, -0.15) is 0 Å². The van der Waals surface area contributed by atoms with Crippen LogP contribution >= 0.6 is 0 Å². The third kappa shape index (κ3) is 2.66. The first-order valence-electron chi connectivity index (χ1n) is 7.03. The van der Waals surface area contributed by atoms with Gasteiger partial charge in [0.25, 0.3) is 0 Å². The third-order valence-corrected chi connectivity index (χ3v) is 4.18. The topological polar surface area (TPSA) is 54.2 Å². The van der Waals surface area contributed by atoms with Crippen LogP contribution in [0, 0.1) is 11.8 Å². The molecule has 0 spiro atoms. The second-order valence-electron chi connectivity index (χ2n) is 5.82. The Morgan fingerprint density at radius 3 is 2.78 bits per heavy atom. The summed E-state index contributed by atoms with van der Waals surface area (Å²) in [5.74, 6) is 2.20. The number of hydrogen-bond acceptors (Lipinski definition) is 5. The van der Waals surface area contributed by atoms with Crippen LogP contribution in [-0.2, 0) is 6.54 Å². The molecule has 2 fully saturated rings. The highest BCUT2D eigenvalue weighted by Crippen LogP contribution is 2.26. The van der Waals surface area contributed by atoms with Crippen molar-refractivity contribution < 1.29 is 4.42 Å². The summed E-state index contributed by atoms with van der Waals surface area (Å²) in [6.07, 6.45) is 3.77. The maximum absolute atomic E-state index is 5.73. The fourth-order valence-electron chi connectivity index (χ4n) is 2.40. The summed E-state index contributed by atoms with van der Waals surface area (Å²) in [6.45, 7) is 7.38. The van der Waals surface area contributed by atoms with Gasteiger partial charge in [-0.3, -0.25) is 0 Å².